The number of rotatable bonds is 3. The Kier molecular flexibility index (Phi) is 3.42. The number of hydrogen-bond acceptors (Lipinski definition) is 4. The molecule has 0 atom stereocenters. The number of hydrogen-bond donors (Lipinski definition) is 2. The summed E-state index contributed by atoms with van der Waals surface area (Å²) in [4.78, 5) is 11.8. The minimum Gasteiger partial charge on any atom is -0.325 e. The quantitative estimate of drug-likeness (QED) is 0.849. The van der Waals surface area contributed by atoms with Crippen molar-refractivity contribution in [3.8, 4) is 11.4 Å². The summed E-state index contributed by atoms with van der Waals surface area (Å²) in [7, 11) is 0. The third-order valence-electron chi connectivity index (χ3n) is 2.26. The zero-order chi connectivity index (χ0) is 13.2. The number of nitrogens with zero attached hydrogens (tertiary/aromatic N) is 3. The van der Waals surface area contributed by atoms with Crippen molar-refractivity contribution in [2.45, 2.75) is 18.2 Å². The van der Waals surface area contributed by atoms with Crippen molar-refractivity contribution in [3.63, 3.8) is 0 Å². The van der Waals surface area contributed by atoms with Crippen molar-refractivity contribution in [2.75, 3.05) is 5.32 Å². The third kappa shape index (κ3) is 2.92. The highest BCUT2D eigenvalue weighted by atomic mass is 79.9. The lowest BCUT2D eigenvalue weighted by molar-refractivity contribution is -0.117. The number of carbonyl (C=O) groups excluding carboxylic acids is 1. The van der Waals surface area contributed by atoms with Crippen molar-refractivity contribution in [2.24, 2.45) is 0 Å². The van der Waals surface area contributed by atoms with Gasteiger partial charge in [-0.3, -0.25) is 4.79 Å². The van der Waals surface area contributed by atoms with Crippen molar-refractivity contribution >= 4 is 27.5 Å². The molecule has 0 saturated carbocycles. The van der Waals surface area contributed by atoms with E-state index in [2.05, 4.69) is 41.9 Å². The highest BCUT2D eigenvalue weighted by Gasteiger charge is 2.23. The molecule has 0 aliphatic carbocycles. The molecule has 2 aromatic rings. The average Bonchev–Trinajstić information content (AvgIpc) is 2.81. The Hall–Kier alpha value is -1.76. The molecule has 1 heterocycles. The molecule has 2 N–H and O–H groups in total. The Balaban J connectivity index is 2.21. The molecule has 0 aliphatic heterocycles. The van der Waals surface area contributed by atoms with Crippen LogP contribution in [-0.2, 0) is 4.79 Å². The summed E-state index contributed by atoms with van der Waals surface area (Å²) >= 11 is 3.31. The molecule has 1 amide bonds. The van der Waals surface area contributed by atoms with Gasteiger partial charge >= 0.3 is 0 Å². The molecular formula is C11H12BrN5O. The van der Waals surface area contributed by atoms with Gasteiger partial charge in [0.15, 0.2) is 0 Å². The number of carbonyl (C=O) groups is 1. The van der Waals surface area contributed by atoms with E-state index < -0.39 is 4.32 Å². The van der Waals surface area contributed by atoms with E-state index in [1.165, 1.54) is 0 Å². The number of tetrazole rings is 1. The SMILES string of the molecule is CC(C)(Br)C(=O)Nc1cccc(-c2nn[nH]n2)c1. The number of aromatic amines is 1. The fourth-order valence-electron chi connectivity index (χ4n) is 1.30. The van der Waals surface area contributed by atoms with Gasteiger partial charge < -0.3 is 5.32 Å². The lowest BCUT2D eigenvalue weighted by Crippen LogP contribution is -2.30. The molecule has 0 fully saturated rings. The Labute approximate surface area is 112 Å². The largest absolute Gasteiger partial charge is 0.325 e. The minimum absolute atomic E-state index is 0.118. The van der Waals surface area contributed by atoms with Gasteiger partial charge in [-0.05, 0) is 31.2 Å². The summed E-state index contributed by atoms with van der Waals surface area (Å²) in [6, 6.07) is 7.27. The Morgan fingerprint density at radius 3 is 2.83 bits per heavy atom. The van der Waals surface area contributed by atoms with E-state index in [0.717, 1.165) is 5.56 Å². The van der Waals surface area contributed by atoms with Gasteiger partial charge in [0.1, 0.15) is 0 Å². The lowest BCUT2D eigenvalue weighted by atomic mass is 10.1. The molecule has 0 radical (unpaired) electrons. The second kappa shape index (κ2) is 4.85. The first-order valence-electron chi connectivity index (χ1n) is 5.31. The van der Waals surface area contributed by atoms with Gasteiger partial charge in [-0.25, -0.2) is 0 Å². The molecule has 2 rings (SSSR count). The summed E-state index contributed by atoms with van der Waals surface area (Å²) in [5.74, 6) is 0.372. The standard InChI is InChI=1S/C11H12BrN5O/c1-11(2,12)10(18)13-8-5-3-4-7(6-8)9-14-16-17-15-9/h3-6H,1-2H3,(H,13,18)(H,14,15,16,17). The van der Waals surface area contributed by atoms with Crippen LogP contribution in [0.3, 0.4) is 0 Å². The van der Waals surface area contributed by atoms with Crippen LogP contribution in [0.15, 0.2) is 24.3 Å². The first-order chi connectivity index (χ1) is 8.47. The van der Waals surface area contributed by atoms with Crippen molar-refractivity contribution in [3.05, 3.63) is 24.3 Å². The van der Waals surface area contributed by atoms with Crippen LogP contribution in [0.1, 0.15) is 13.8 Å². The number of amides is 1. The van der Waals surface area contributed by atoms with Crippen LogP contribution in [0.2, 0.25) is 0 Å². The van der Waals surface area contributed by atoms with Crippen LogP contribution in [0.4, 0.5) is 5.69 Å². The van der Waals surface area contributed by atoms with Crippen LogP contribution in [0.5, 0.6) is 0 Å². The van der Waals surface area contributed by atoms with E-state index >= 15 is 0 Å². The smallest absolute Gasteiger partial charge is 0.240 e. The Morgan fingerprint density at radius 2 is 2.22 bits per heavy atom. The van der Waals surface area contributed by atoms with Crippen molar-refractivity contribution in [1.82, 2.24) is 20.6 Å². The van der Waals surface area contributed by atoms with Crippen LogP contribution in [-0.4, -0.2) is 30.9 Å². The molecule has 0 bridgehead atoms. The van der Waals surface area contributed by atoms with Crippen LogP contribution < -0.4 is 5.32 Å². The molecule has 0 spiro atoms. The first kappa shape index (κ1) is 12.7. The summed E-state index contributed by atoms with van der Waals surface area (Å²) in [6.07, 6.45) is 0. The summed E-state index contributed by atoms with van der Waals surface area (Å²) in [5.41, 5.74) is 1.48. The molecule has 1 aromatic carbocycles. The molecule has 1 aromatic heterocycles. The van der Waals surface area contributed by atoms with Crippen LogP contribution >= 0.6 is 15.9 Å². The van der Waals surface area contributed by atoms with Crippen LogP contribution in [0.25, 0.3) is 11.4 Å². The maximum Gasteiger partial charge on any atom is 0.240 e. The van der Waals surface area contributed by atoms with Gasteiger partial charge in [-0.15, -0.1) is 10.2 Å². The summed E-state index contributed by atoms with van der Waals surface area (Å²) in [6.45, 7) is 3.57. The average molecular weight is 310 g/mol. The Morgan fingerprint density at radius 1 is 1.44 bits per heavy atom. The van der Waals surface area contributed by atoms with E-state index in [1.54, 1.807) is 26.0 Å². The van der Waals surface area contributed by atoms with Crippen molar-refractivity contribution < 1.29 is 4.79 Å². The van der Waals surface area contributed by atoms with E-state index in [-0.39, 0.29) is 5.91 Å². The predicted octanol–water partition coefficient (Wildman–Crippen LogP) is 1.98. The molecule has 18 heavy (non-hydrogen) atoms. The fourth-order valence-corrected chi connectivity index (χ4v) is 1.40. The highest BCUT2D eigenvalue weighted by molar-refractivity contribution is 9.10. The fraction of sp³-hybridized carbons (Fsp3) is 0.273. The molecule has 6 nitrogen and oxygen atoms in total. The van der Waals surface area contributed by atoms with Gasteiger partial charge in [0.25, 0.3) is 0 Å². The number of aromatic nitrogens is 4. The van der Waals surface area contributed by atoms with Gasteiger partial charge in [0, 0.05) is 11.3 Å². The molecule has 0 aliphatic rings. The lowest BCUT2D eigenvalue weighted by Gasteiger charge is -2.15. The normalized spacial score (nSPS) is 11.3. The second-order valence-corrected chi connectivity index (χ2v) is 6.23. The van der Waals surface area contributed by atoms with Gasteiger partial charge in [0.2, 0.25) is 11.7 Å². The molecule has 94 valence electrons. The monoisotopic (exact) mass is 309 g/mol. The van der Waals surface area contributed by atoms with Gasteiger partial charge in [-0.1, -0.05) is 28.1 Å². The van der Waals surface area contributed by atoms with Gasteiger partial charge in [0.05, 0.1) is 4.32 Å². The number of alkyl halides is 1. The molecular weight excluding hydrogens is 298 g/mol. The van der Waals surface area contributed by atoms with E-state index in [1.807, 2.05) is 12.1 Å². The number of nitrogens with one attached hydrogen (secondary N) is 2. The minimum atomic E-state index is -0.616. The highest BCUT2D eigenvalue weighted by Crippen LogP contribution is 2.22. The van der Waals surface area contributed by atoms with E-state index in [4.69, 9.17) is 0 Å². The zero-order valence-electron chi connectivity index (χ0n) is 9.94. The molecule has 7 heteroatoms. The van der Waals surface area contributed by atoms with E-state index in [9.17, 15) is 4.79 Å². The Bertz CT molecular complexity index is 547. The summed E-state index contributed by atoms with van der Waals surface area (Å²) < 4.78 is -0.616. The number of benzene rings is 1. The first-order valence-corrected chi connectivity index (χ1v) is 6.10. The van der Waals surface area contributed by atoms with E-state index in [0.29, 0.717) is 11.5 Å². The zero-order valence-corrected chi connectivity index (χ0v) is 11.5. The molecule has 0 saturated heterocycles. The van der Waals surface area contributed by atoms with Crippen LogP contribution in [0, 0.1) is 0 Å². The maximum atomic E-state index is 11.8. The second-order valence-electron chi connectivity index (χ2n) is 4.24. The van der Waals surface area contributed by atoms with Gasteiger partial charge in [-0.2, -0.15) is 5.21 Å². The number of halogens is 1. The topological polar surface area (TPSA) is 83.6 Å². The number of anilines is 1. The maximum absolute atomic E-state index is 11.8. The number of H-pyrrole nitrogens is 1. The summed E-state index contributed by atoms with van der Waals surface area (Å²) in [5, 5.41) is 16.5. The van der Waals surface area contributed by atoms with Crippen molar-refractivity contribution in [1.29, 1.82) is 0 Å². The third-order valence-corrected chi connectivity index (χ3v) is 2.62. The molecule has 0 unspecified atom stereocenters. The predicted molar refractivity (Wildman–Crippen MR) is 71.2 cm³/mol.